The fraction of sp³-hybridized carbons (Fsp3) is 0.440. The van der Waals surface area contributed by atoms with Gasteiger partial charge in [-0.25, -0.2) is 4.98 Å². The molecular weight excluding hydrogens is 372 g/mol. The molecule has 0 bridgehead atoms. The monoisotopic (exact) mass is 402 g/mol. The Hall–Kier alpha value is -2.82. The summed E-state index contributed by atoms with van der Waals surface area (Å²) in [4.78, 5) is 22.3. The standard InChI is InChI=1S/C25H30N4O/c30-24(27-15-6-7-16-27)21-13-17-28(18-14-21)25-26-22-10-4-5-11-23(22)29(25)19-12-20-8-2-1-3-9-20/h1-5,8-11,21H,6-7,12-19H2. The predicted molar refractivity (Wildman–Crippen MR) is 121 cm³/mol. The number of imidazole rings is 1. The van der Waals surface area contributed by atoms with E-state index in [1.165, 1.54) is 11.1 Å². The van der Waals surface area contributed by atoms with Crippen LogP contribution in [0.1, 0.15) is 31.2 Å². The van der Waals surface area contributed by atoms with Crippen molar-refractivity contribution in [2.75, 3.05) is 31.1 Å². The minimum Gasteiger partial charge on any atom is -0.342 e. The maximum atomic E-state index is 12.8. The number of nitrogens with zero attached hydrogens (tertiary/aromatic N) is 4. The summed E-state index contributed by atoms with van der Waals surface area (Å²) in [5.74, 6) is 1.62. The van der Waals surface area contributed by atoms with E-state index in [2.05, 4.69) is 69.0 Å². The zero-order valence-corrected chi connectivity index (χ0v) is 17.5. The van der Waals surface area contributed by atoms with E-state index < -0.39 is 0 Å². The Bertz CT molecular complexity index is 998. The van der Waals surface area contributed by atoms with Crippen molar-refractivity contribution in [1.82, 2.24) is 14.5 Å². The van der Waals surface area contributed by atoms with Gasteiger partial charge in [0.05, 0.1) is 11.0 Å². The number of fused-ring (bicyclic) bond motifs is 1. The third-order valence-corrected chi connectivity index (χ3v) is 6.65. The minimum absolute atomic E-state index is 0.182. The lowest BCUT2D eigenvalue weighted by atomic mass is 9.95. The molecule has 1 aromatic heterocycles. The van der Waals surface area contributed by atoms with Crippen molar-refractivity contribution in [3.8, 4) is 0 Å². The Kier molecular flexibility index (Phi) is 5.43. The van der Waals surface area contributed by atoms with Crippen LogP contribution in [0.2, 0.25) is 0 Å². The van der Waals surface area contributed by atoms with Crippen LogP contribution >= 0.6 is 0 Å². The Morgan fingerprint density at radius 2 is 1.60 bits per heavy atom. The molecule has 5 nitrogen and oxygen atoms in total. The molecule has 30 heavy (non-hydrogen) atoms. The SMILES string of the molecule is O=C(C1CCN(c2nc3ccccc3n2CCc2ccccc2)CC1)N1CCCC1. The summed E-state index contributed by atoms with van der Waals surface area (Å²) >= 11 is 0. The molecule has 2 saturated heterocycles. The number of carbonyl (C=O) groups is 1. The molecule has 1 amide bonds. The number of rotatable bonds is 5. The summed E-state index contributed by atoms with van der Waals surface area (Å²) in [6.07, 6.45) is 5.17. The van der Waals surface area contributed by atoms with Crippen molar-refractivity contribution in [2.24, 2.45) is 5.92 Å². The van der Waals surface area contributed by atoms with Crippen LogP contribution in [0, 0.1) is 5.92 Å². The fourth-order valence-electron chi connectivity index (χ4n) is 4.93. The van der Waals surface area contributed by atoms with E-state index in [1.807, 2.05) is 0 Å². The summed E-state index contributed by atoms with van der Waals surface area (Å²) in [6.45, 7) is 4.62. The van der Waals surface area contributed by atoms with Crippen molar-refractivity contribution < 1.29 is 4.79 Å². The summed E-state index contributed by atoms with van der Waals surface area (Å²) in [5.41, 5.74) is 3.59. The largest absolute Gasteiger partial charge is 0.342 e. The van der Waals surface area contributed by atoms with Gasteiger partial charge >= 0.3 is 0 Å². The molecule has 3 aromatic rings. The van der Waals surface area contributed by atoms with Crippen LogP contribution in [0.15, 0.2) is 54.6 Å². The quantitative estimate of drug-likeness (QED) is 0.645. The van der Waals surface area contributed by atoms with E-state index in [0.29, 0.717) is 5.91 Å². The van der Waals surface area contributed by atoms with Crippen LogP contribution in [0.3, 0.4) is 0 Å². The second-order valence-corrected chi connectivity index (χ2v) is 8.58. The smallest absolute Gasteiger partial charge is 0.225 e. The van der Waals surface area contributed by atoms with Gasteiger partial charge in [0.25, 0.3) is 0 Å². The average molecular weight is 403 g/mol. The number of benzene rings is 2. The summed E-state index contributed by atoms with van der Waals surface area (Å²) < 4.78 is 2.37. The molecule has 5 heteroatoms. The molecule has 2 aromatic carbocycles. The molecule has 2 aliphatic rings. The van der Waals surface area contributed by atoms with Crippen molar-refractivity contribution in [1.29, 1.82) is 0 Å². The van der Waals surface area contributed by atoms with E-state index in [1.54, 1.807) is 0 Å². The number of anilines is 1. The number of hydrogen-bond donors (Lipinski definition) is 0. The molecule has 0 saturated carbocycles. The highest BCUT2D eigenvalue weighted by Crippen LogP contribution is 2.28. The number of likely N-dealkylation sites (tertiary alicyclic amines) is 1. The number of para-hydroxylation sites is 2. The molecule has 156 valence electrons. The van der Waals surface area contributed by atoms with Crippen LogP contribution < -0.4 is 4.90 Å². The van der Waals surface area contributed by atoms with Gasteiger partial charge in [-0.1, -0.05) is 42.5 Å². The first kappa shape index (κ1) is 19.2. The van der Waals surface area contributed by atoms with Crippen LogP contribution in [0.25, 0.3) is 11.0 Å². The zero-order valence-electron chi connectivity index (χ0n) is 17.5. The van der Waals surface area contributed by atoms with E-state index in [-0.39, 0.29) is 5.92 Å². The minimum atomic E-state index is 0.182. The van der Waals surface area contributed by atoms with Crippen LogP contribution in [-0.4, -0.2) is 46.5 Å². The Morgan fingerprint density at radius 1 is 0.900 bits per heavy atom. The van der Waals surface area contributed by atoms with Crippen LogP contribution in [0.5, 0.6) is 0 Å². The van der Waals surface area contributed by atoms with E-state index in [9.17, 15) is 4.79 Å². The molecule has 5 rings (SSSR count). The van der Waals surface area contributed by atoms with Gasteiger partial charge in [0, 0.05) is 38.6 Å². The van der Waals surface area contributed by atoms with Gasteiger partial charge in [0.15, 0.2) is 0 Å². The van der Waals surface area contributed by atoms with Gasteiger partial charge < -0.3 is 14.4 Å². The predicted octanol–water partition coefficient (Wildman–Crippen LogP) is 4.12. The Labute approximate surface area is 178 Å². The lowest BCUT2D eigenvalue weighted by molar-refractivity contribution is -0.135. The van der Waals surface area contributed by atoms with Crippen molar-refractivity contribution >= 4 is 22.9 Å². The van der Waals surface area contributed by atoms with Gasteiger partial charge in [-0.05, 0) is 49.8 Å². The first-order chi connectivity index (χ1) is 14.8. The summed E-state index contributed by atoms with van der Waals surface area (Å²) in [7, 11) is 0. The molecule has 0 atom stereocenters. The highest BCUT2D eigenvalue weighted by Gasteiger charge is 2.31. The van der Waals surface area contributed by atoms with E-state index in [0.717, 1.165) is 76.3 Å². The number of piperidine rings is 1. The van der Waals surface area contributed by atoms with E-state index >= 15 is 0 Å². The third kappa shape index (κ3) is 3.81. The number of hydrogen-bond acceptors (Lipinski definition) is 3. The lowest BCUT2D eigenvalue weighted by Crippen LogP contribution is -2.42. The number of aromatic nitrogens is 2. The fourth-order valence-corrected chi connectivity index (χ4v) is 4.93. The highest BCUT2D eigenvalue weighted by atomic mass is 16.2. The molecule has 0 spiro atoms. The molecule has 0 radical (unpaired) electrons. The van der Waals surface area contributed by atoms with Crippen LogP contribution in [0.4, 0.5) is 5.95 Å². The Morgan fingerprint density at radius 3 is 2.37 bits per heavy atom. The van der Waals surface area contributed by atoms with Gasteiger partial charge in [0.1, 0.15) is 0 Å². The molecule has 0 N–H and O–H groups in total. The first-order valence-corrected chi connectivity index (χ1v) is 11.3. The normalized spacial score (nSPS) is 17.7. The average Bonchev–Trinajstić information content (AvgIpc) is 3.46. The first-order valence-electron chi connectivity index (χ1n) is 11.3. The maximum Gasteiger partial charge on any atom is 0.225 e. The van der Waals surface area contributed by atoms with E-state index in [4.69, 9.17) is 4.98 Å². The molecule has 3 heterocycles. The summed E-state index contributed by atoms with van der Waals surface area (Å²) in [6, 6.07) is 19.1. The van der Waals surface area contributed by atoms with Gasteiger partial charge in [0.2, 0.25) is 11.9 Å². The van der Waals surface area contributed by atoms with Crippen LogP contribution in [-0.2, 0) is 17.8 Å². The Balaban J connectivity index is 1.33. The van der Waals surface area contributed by atoms with Crippen molar-refractivity contribution in [2.45, 2.75) is 38.6 Å². The molecule has 2 fully saturated rings. The van der Waals surface area contributed by atoms with Gasteiger partial charge in [-0.2, -0.15) is 0 Å². The molecule has 0 aliphatic carbocycles. The van der Waals surface area contributed by atoms with Gasteiger partial charge in [-0.15, -0.1) is 0 Å². The molecule has 2 aliphatic heterocycles. The zero-order chi connectivity index (χ0) is 20.3. The number of aryl methyl sites for hydroxylation is 2. The van der Waals surface area contributed by atoms with Crippen molar-refractivity contribution in [3.05, 3.63) is 60.2 Å². The topological polar surface area (TPSA) is 41.4 Å². The number of carbonyl (C=O) groups excluding carboxylic acids is 1. The number of amides is 1. The second kappa shape index (κ2) is 8.50. The summed E-state index contributed by atoms with van der Waals surface area (Å²) in [5, 5.41) is 0. The molecular formula is C25H30N4O. The highest BCUT2D eigenvalue weighted by molar-refractivity contribution is 5.80. The lowest BCUT2D eigenvalue weighted by Gasteiger charge is -2.34. The molecule has 0 unspecified atom stereocenters. The maximum absolute atomic E-state index is 12.8. The third-order valence-electron chi connectivity index (χ3n) is 6.65. The van der Waals surface area contributed by atoms with Crippen molar-refractivity contribution in [3.63, 3.8) is 0 Å². The van der Waals surface area contributed by atoms with Gasteiger partial charge in [-0.3, -0.25) is 4.79 Å². The second-order valence-electron chi connectivity index (χ2n) is 8.58.